The van der Waals surface area contributed by atoms with Crippen LogP contribution in [0, 0.1) is 12.8 Å². The van der Waals surface area contributed by atoms with Gasteiger partial charge in [-0.25, -0.2) is 9.97 Å². The number of nitrogen functional groups attached to an aromatic ring is 1. The number of hydrogen-bond donors (Lipinski definition) is 2. The molecule has 0 saturated heterocycles. The van der Waals surface area contributed by atoms with Gasteiger partial charge in [0.25, 0.3) is 5.91 Å². The topological polar surface area (TPSA) is 80.9 Å². The fourth-order valence-corrected chi connectivity index (χ4v) is 2.25. The molecule has 1 fully saturated rings. The molecule has 92 valence electrons. The molecule has 0 atom stereocenters. The molecule has 1 aromatic heterocycles. The van der Waals surface area contributed by atoms with Gasteiger partial charge in [0.2, 0.25) is 5.95 Å². The Hall–Kier alpha value is -1.65. The van der Waals surface area contributed by atoms with Crippen molar-refractivity contribution in [2.24, 2.45) is 5.92 Å². The van der Waals surface area contributed by atoms with E-state index in [-0.39, 0.29) is 11.9 Å². The quantitative estimate of drug-likeness (QED) is 0.825. The van der Waals surface area contributed by atoms with Crippen LogP contribution in [0.15, 0.2) is 6.07 Å². The number of nitrogens with two attached hydrogens (primary N) is 1. The average Bonchev–Trinajstić information content (AvgIpc) is 2.77. The largest absolute Gasteiger partial charge is 0.368 e. The second-order valence-corrected chi connectivity index (χ2v) is 4.61. The zero-order chi connectivity index (χ0) is 12.3. The maximum Gasteiger partial charge on any atom is 0.270 e. The average molecular weight is 234 g/mol. The zero-order valence-electron chi connectivity index (χ0n) is 10.1. The first kappa shape index (κ1) is 11.8. The van der Waals surface area contributed by atoms with Crippen molar-refractivity contribution in [1.29, 1.82) is 0 Å². The van der Waals surface area contributed by atoms with Gasteiger partial charge in [-0.15, -0.1) is 0 Å². The number of aromatic nitrogens is 2. The molecule has 1 heterocycles. The highest BCUT2D eigenvalue weighted by molar-refractivity contribution is 5.92. The third kappa shape index (κ3) is 3.15. The van der Waals surface area contributed by atoms with Crippen LogP contribution in [0.2, 0.25) is 0 Å². The number of nitrogens with zero attached hydrogens (tertiary/aromatic N) is 2. The van der Waals surface area contributed by atoms with Gasteiger partial charge in [0.1, 0.15) is 5.69 Å². The standard InChI is InChI=1S/C12H18N4O/c1-8-6-10(16-12(13)15-8)11(17)14-7-9-4-2-3-5-9/h6,9H,2-5,7H2,1H3,(H,14,17)(H2,13,15,16). The van der Waals surface area contributed by atoms with Gasteiger partial charge in [0.05, 0.1) is 0 Å². The van der Waals surface area contributed by atoms with E-state index in [2.05, 4.69) is 15.3 Å². The van der Waals surface area contributed by atoms with Gasteiger partial charge in [0.15, 0.2) is 0 Å². The summed E-state index contributed by atoms with van der Waals surface area (Å²) in [6, 6.07) is 1.65. The van der Waals surface area contributed by atoms with Crippen molar-refractivity contribution < 1.29 is 4.79 Å². The number of anilines is 1. The molecule has 17 heavy (non-hydrogen) atoms. The molecule has 0 aliphatic heterocycles. The van der Waals surface area contributed by atoms with Crippen LogP contribution in [-0.2, 0) is 0 Å². The lowest BCUT2D eigenvalue weighted by Gasteiger charge is -2.10. The molecule has 1 aromatic rings. The summed E-state index contributed by atoms with van der Waals surface area (Å²) in [6.07, 6.45) is 4.98. The van der Waals surface area contributed by atoms with Crippen molar-refractivity contribution in [2.45, 2.75) is 32.6 Å². The molecule has 0 bridgehead atoms. The molecule has 2 rings (SSSR count). The number of carbonyl (C=O) groups is 1. The minimum atomic E-state index is -0.158. The third-order valence-electron chi connectivity index (χ3n) is 3.13. The molecule has 0 aromatic carbocycles. The lowest BCUT2D eigenvalue weighted by Crippen LogP contribution is -2.29. The summed E-state index contributed by atoms with van der Waals surface area (Å²) in [4.78, 5) is 19.7. The second kappa shape index (κ2) is 5.12. The highest BCUT2D eigenvalue weighted by atomic mass is 16.1. The number of carbonyl (C=O) groups excluding carboxylic acids is 1. The van der Waals surface area contributed by atoms with Gasteiger partial charge >= 0.3 is 0 Å². The Labute approximate surface area is 101 Å². The van der Waals surface area contributed by atoms with E-state index in [0.717, 1.165) is 6.54 Å². The maximum atomic E-state index is 11.8. The van der Waals surface area contributed by atoms with Gasteiger partial charge in [-0.2, -0.15) is 0 Å². The summed E-state index contributed by atoms with van der Waals surface area (Å²) in [6.45, 7) is 2.54. The summed E-state index contributed by atoms with van der Waals surface area (Å²) < 4.78 is 0. The van der Waals surface area contributed by atoms with Crippen LogP contribution in [0.25, 0.3) is 0 Å². The number of hydrogen-bond acceptors (Lipinski definition) is 4. The molecule has 1 aliphatic carbocycles. The van der Waals surface area contributed by atoms with E-state index in [1.807, 2.05) is 0 Å². The van der Waals surface area contributed by atoms with Crippen LogP contribution in [0.4, 0.5) is 5.95 Å². The molecule has 0 spiro atoms. The van der Waals surface area contributed by atoms with E-state index < -0.39 is 0 Å². The van der Waals surface area contributed by atoms with Crippen LogP contribution in [0.1, 0.15) is 41.9 Å². The summed E-state index contributed by atoms with van der Waals surface area (Å²) in [5.41, 5.74) is 6.58. The zero-order valence-corrected chi connectivity index (χ0v) is 10.1. The molecule has 3 N–H and O–H groups in total. The fourth-order valence-electron chi connectivity index (χ4n) is 2.25. The molecule has 1 amide bonds. The van der Waals surface area contributed by atoms with Gasteiger partial charge in [-0.3, -0.25) is 4.79 Å². The molecule has 5 heteroatoms. The van der Waals surface area contributed by atoms with Gasteiger partial charge < -0.3 is 11.1 Å². The molecule has 0 unspecified atom stereocenters. The predicted octanol–water partition coefficient (Wildman–Crippen LogP) is 1.29. The van der Waals surface area contributed by atoms with Crippen molar-refractivity contribution >= 4 is 11.9 Å². The van der Waals surface area contributed by atoms with Crippen molar-refractivity contribution in [1.82, 2.24) is 15.3 Å². The lowest BCUT2D eigenvalue weighted by molar-refractivity contribution is 0.0942. The predicted molar refractivity (Wildman–Crippen MR) is 65.5 cm³/mol. The van der Waals surface area contributed by atoms with Crippen LogP contribution >= 0.6 is 0 Å². The summed E-state index contributed by atoms with van der Waals surface area (Å²) >= 11 is 0. The summed E-state index contributed by atoms with van der Waals surface area (Å²) in [5.74, 6) is 0.615. The molecule has 1 aliphatic rings. The number of aryl methyl sites for hydroxylation is 1. The fraction of sp³-hybridized carbons (Fsp3) is 0.583. The lowest BCUT2D eigenvalue weighted by atomic mass is 10.1. The Balaban J connectivity index is 1.94. The Morgan fingerprint density at radius 2 is 2.18 bits per heavy atom. The molecular weight excluding hydrogens is 216 g/mol. The van der Waals surface area contributed by atoms with Gasteiger partial charge in [-0.05, 0) is 31.7 Å². The van der Waals surface area contributed by atoms with Crippen molar-refractivity contribution in [2.75, 3.05) is 12.3 Å². The smallest absolute Gasteiger partial charge is 0.270 e. The van der Waals surface area contributed by atoms with E-state index in [9.17, 15) is 4.79 Å². The van der Waals surface area contributed by atoms with E-state index in [4.69, 9.17) is 5.73 Å². The first-order valence-electron chi connectivity index (χ1n) is 6.04. The minimum Gasteiger partial charge on any atom is -0.368 e. The Kier molecular flexibility index (Phi) is 3.56. The van der Waals surface area contributed by atoms with Crippen LogP contribution < -0.4 is 11.1 Å². The van der Waals surface area contributed by atoms with E-state index >= 15 is 0 Å². The van der Waals surface area contributed by atoms with E-state index in [1.165, 1.54) is 25.7 Å². The Morgan fingerprint density at radius 3 is 2.82 bits per heavy atom. The molecule has 5 nitrogen and oxygen atoms in total. The van der Waals surface area contributed by atoms with Gasteiger partial charge in [-0.1, -0.05) is 12.8 Å². The first-order valence-corrected chi connectivity index (χ1v) is 6.04. The second-order valence-electron chi connectivity index (χ2n) is 4.61. The van der Waals surface area contributed by atoms with Crippen LogP contribution in [-0.4, -0.2) is 22.4 Å². The number of rotatable bonds is 3. The molecule has 1 saturated carbocycles. The molecule has 0 radical (unpaired) electrons. The first-order chi connectivity index (χ1) is 8.15. The summed E-state index contributed by atoms with van der Waals surface area (Å²) in [5, 5.41) is 2.91. The normalized spacial score (nSPS) is 16.1. The van der Waals surface area contributed by atoms with E-state index in [1.54, 1.807) is 13.0 Å². The Bertz CT molecular complexity index is 393. The van der Waals surface area contributed by atoms with Crippen LogP contribution in [0.5, 0.6) is 0 Å². The maximum absolute atomic E-state index is 11.8. The summed E-state index contributed by atoms with van der Waals surface area (Å²) in [7, 11) is 0. The van der Waals surface area contributed by atoms with Crippen molar-refractivity contribution in [3.63, 3.8) is 0 Å². The SMILES string of the molecule is Cc1cc(C(=O)NCC2CCCC2)nc(N)n1. The van der Waals surface area contributed by atoms with Crippen LogP contribution in [0.3, 0.4) is 0 Å². The Morgan fingerprint density at radius 1 is 1.47 bits per heavy atom. The highest BCUT2D eigenvalue weighted by Crippen LogP contribution is 2.23. The molecular formula is C12H18N4O. The van der Waals surface area contributed by atoms with Gasteiger partial charge in [0, 0.05) is 12.2 Å². The minimum absolute atomic E-state index is 0.149. The monoisotopic (exact) mass is 234 g/mol. The number of amides is 1. The highest BCUT2D eigenvalue weighted by Gasteiger charge is 2.16. The third-order valence-corrected chi connectivity index (χ3v) is 3.13. The van der Waals surface area contributed by atoms with Crippen molar-refractivity contribution in [3.05, 3.63) is 17.5 Å². The number of nitrogens with one attached hydrogen (secondary N) is 1. The van der Waals surface area contributed by atoms with E-state index in [0.29, 0.717) is 17.3 Å². The van der Waals surface area contributed by atoms with Crippen molar-refractivity contribution in [3.8, 4) is 0 Å².